The van der Waals surface area contributed by atoms with Crippen molar-refractivity contribution in [2.75, 3.05) is 5.75 Å². The number of amides is 1. The minimum atomic E-state index is -0.693. The van der Waals surface area contributed by atoms with E-state index in [0.717, 1.165) is 22.9 Å². The Morgan fingerprint density at radius 2 is 2.18 bits per heavy atom. The molecule has 0 aliphatic carbocycles. The Morgan fingerprint density at radius 1 is 1.41 bits per heavy atom. The Labute approximate surface area is 129 Å². The van der Waals surface area contributed by atoms with Crippen LogP contribution in [0.1, 0.15) is 11.1 Å². The van der Waals surface area contributed by atoms with Crippen LogP contribution in [0.25, 0.3) is 0 Å². The SMILES string of the molecule is Cc1ccccc1/C=N/NC(=O)CSc1n[nH]c(=O)[nH]c1=O. The average molecular weight is 319 g/mol. The molecule has 0 fully saturated rings. The lowest BCUT2D eigenvalue weighted by atomic mass is 10.1. The Bertz CT molecular complexity index is 812. The lowest BCUT2D eigenvalue weighted by Gasteiger charge is -2.00. The van der Waals surface area contributed by atoms with Crippen molar-refractivity contribution in [1.82, 2.24) is 20.6 Å². The van der Waals surface area contributed by atoms with E-state index in [1.807, 2.05) is 36.2 Å². The largest absolute Gasteiger partial charge is 0.342 e. The zero-order chi connectivity index (χ0) is 15.9. The van der Waals surface area contributed by atoms with E-state index >= 15 is 0 Å². The molecule has 2 aromatic rings. The first-order valence-electron chi connectivity index (χ1n) is 6.25. The number of aromatic nitrogens is 3. The fourth-order valence-electron chi connectivity index (χ4n) is 1.51. The van der Waals surface area contributed by atoms with Gasteiger partial charge in [-0.05, 0) is 18.1 Å². The van der Waals surface area contributed by atoms with Gasteiger partial charge in [-0.3, -0.25) is 14.6 Å². The highest BCUT2D eigenvalue weighted by atomic mass is 32.2. The number of aromatic amines is 2. The number of hydrogen-bond acceptors (Lipinski definition) is 6. The molecule has 0 radical (unpaired) electrons. The van der Waals surface area contributed by atoms with Crippen LogP contribution in [0.2, 0.25) is 0 Å². The Hall–Kier alpha value is -2.68. The van der Waals surface area contributed by atoms with Crippen molar-refractivity contribution in [2.24, 2.45) is 5.10 Å². The smallest absolute Gasteiger partial charge is 0.272 e. The van der Waals surface area contributed by atoms with Crippen molar-refractivity contribution in [3.8, 4) is 0 Å². The van der Waals surface area contributed by atoms with Gasteiger partial charge in [0.2, 0.25) is 5.91 Å². The van der Waals surface area contributed by atoms with E-state index in [0.29, 0.717) is 0 Å². The van der Waals surface area contributed by atoms with Crippen LogP contribution < -0.4 is 16.7 Å². The van der Waals surface area contributed by atoms with Crippen LogP contribution in [-0.4, -0.2) is 33.1 Å². The number of aryl methyl sites for hydroxylation is 1. The Morgan fingerprint density at radius 3 is 2.91 bits per heavy atom. The third-order valence-electron chi connectivity index (χ3n) is 2.60. The summed E-state index contributed by atoms with van der Waals surface area (Å²) in [6.45, 7) is 1.94. The molecule has 1 heterocycles. The summed E-state index contributed by atoms with van der Waals surface area (Å²) in [6.07, 6.45) is 1.54. The molecule has 114 valence electrons. The number of carbonyl (C=O) groups is 1. The molecule has 0 unspecified atom stereocenters. The van der Waals surface area contributed by atoms with E-state index in [1.54, 1.807) is 6.21 Å². The lowest BCUT2D eigenvalue weighted by molar-refractivity contribution is -0.118. The first-order valence-corrected chi connectivity index (χ1v) is 7.24. The second-order valence-corrected chi connectivity index (χ2v) is 5.21. The molecular formula is C13H13N5O3S. The van der Waals surface area contributed by atoms with Crippen LogP contribution in [0.4, 0.5) is 0 Å². The number of carbonyl (C=O) groups excluding carboxylic acids is 1. The van der Waals surface area contributed by atoms with E-state index in [-0.39, 0.29) is 16.7 Å². The maximum atomic E-state index is 11.6. The average Bonchev–Trinajstić information content (AvgIpc) is 2.48. The number of hydrogen-bond donors (Lipinski definition) is 3. The summed E-state index contributed by atoms with van der Waals surface area (Å²) in [5, 5.41) is 9.51. The molecule has 0 atom stereocenters. The predicted octanol–water partition coefficient (Wildman–Crippen LogP) is 0.00902. The van der Waals surface area contributed by atoms with E-state index in [4.69, 9.17) is 0 Å². The van der Waals surface area contributed by atoms with Crippen molar-refractivity contribution >= 4 is 23.9 Å². The minimum Gasteiger partial charge on any atom is -0.272 e. The normalized spacial score (nSPS) is 10.8. The van der Waals surface area contributed by atoms with Gasteiger partial charge in [-0.1, -0.05) is 36.0 Å². The third kappa shape index (κ3) is 4.42. The van der Waals surface area contributed by atoms with Gasteiger partial charge >= 0.3 is 5.69 Å². The minimum absolute atomic E-state index is 0.0117. The van der Waals surface area contributed by atoms with Crippen molar-refractivity contribution < 1.29 is 4.79 Å². The molecule has 0 saturated carbocycles. The van der Waals surface area contributed by atoms with Crippen molar-refractivity contribution in [3.05, 3.63) is 56.2 Å². The summed E-state index contributed by atoms with van der Waals surface area (Å²) in [4.78, 5) is 35.8. The molecule has 0 spiro atoms. The summed E-state index contributed by atoms with van der Waals surface area (Å²) >= 11 is 0.902. The monoisotopic (exact) mass is 319 g/mol. The summed E-state index contributed by atoms with van der Waals surface area (Å²) in [7, 11) is 0. The van der Waals surface area contributed by atoms with Gasteiger partial charge in [0, 0.05) is 0 Å². The second-order valence-electron chi connectivity index (χ2n) is 4.25. The molecule has 1 aromatic carbocycles. The van der Waals surface area contributed by atoms with Crippen LogP contribution in [-0.2, 0) is 4.79 Å². The highest BCUT2D eigenvalue weighted by Crippen LogP contribution is 2.07. The molecule has 3 N–H and O–H groups in total. The molecule has 2 rings (SSSR count). The summed E-state index contributed by atoms with van der Waals surface area (Å²) in [5.74, 6) is -0.435. The zero-order valence-electron chi connectivity index (χ0n) is 11.6. The van der Waals surface area contributed by atoms with E-state index in [1.165, 1.54) is 0 Å². The van der Waals surface area contributed by atoms with Crippen molar-refractivity contribution in [1.29, 1.82) is 0 Å². The van der Waals surface area contributed by atoms with Gasteiger partial charge in [0.15, 0.2) is 5.03 Å². The number of nitrogens with zero attached hydrogens (tertiary/aromatic N) is 2. The predicted molar refractivity (Wildman–Crippen MR) is 83.1 cm³/mol. The highest BCUT2D eigenvalue weighted by molar-refractivity contribution is 7.99. The van der Waals surface area contributed by atoms with Gasteiger partial charge in [0.05, 0.1) is 12.0 Å². The van der Waals surface area contributed by atoms with E-state index in [9.17, 15) is 14.4 Å². The van der Waals surface area contributed by atoms with Crippen LogP contribution in [0, 0.1) is 6.92 Å². The number of hydrazone groups is 1. The summed E-state index contributed by atoms with van der Waals surface area (Å²) in [6, 6.07) is 7.60. The quantitative estimate of drug-likeness (QED) is 0.407. The molecular weight excluding hydrogens is 306 g/mol. The van der Waals surface area contributed by atoms with Gasteiger partial charge in [-0.15, -0.1) is 0 Å². The summed E-state index contributed by atoms with van der Waals surface area (Å²) < 4.78 is 0. The van der Waals surface area contributed by atoms with Crippen LogP contribution in [0.15, 0.2) is 44.0 Å². The number of H-pyrrole nitrogens is 2. The maximum absolute atomic E-state index is 11.6. The van der Waals surface area contributed by atoms with Gasteiger partial charge in [0.1, 0.15) is 0 Å². The molecule has 0 aliphatic rings. The number of benzene rings is 1. The maximum Gasteiger partial charge on any atom is 0.342 e. The lowest BCUT2D eigenvalue weighted by Crippen LogP contribution is -2.26. The van der Waals surface area contributed by atoms with E-state index in [2.05, 4.69) is 20.7 Å². The first-order chi connectivity index (χ1) is 10.6. The topological polar surface area (TPSA) is 120 Å². The van der Waals surface area contributed by atoms with Crippen LogP contribution in [0.3, 0.4) is 0 Å². The fourth-order valence-corrected chi connectivity index (χ4v) is 2.13. The van der Waals surface area contributed by atoms with Crippen LogP contribution >= 0.6 is 11.8 Å². The number of nitrogens with one attached hydrogen (secondary N) is 3. The second kappa shape index (κ2) is 7.36. The summed E-state index contributed by atoms with van der Waals surface area (Å²) in [5.41, 5.74) is 2.97. The molecule has 0 aliphatic heterocycles. The van der Waals surface area contributed by atoms with Gasteiger partial charge in [-0.25, -0.2) is 15.3 Å². The molecule has 9 heteroatoms. The van der Waals surface area contributed by atoms with Gasteiger partial charge in [-0.2, -0.15) is 10.2 Å². The standard InChI is InChI=1S/C13H13N5O3S/c1-8-4-2-3-5-9(8)6-14-16-10(19)7-22-12-11(20)15-13(21)18-17-12/h2-6H,7H2,1H3,(H,16,19)(H2,15,18,20,21)/b14-6+. The zero-order valence-corrected chi connectivity index (χ0v) is 12.4. The molecule has 0 saturated heterocycles. The fraction of sp³-hybridized carbons (Fsp3) is 0.154. The van der Waals surface area contributed by atoms with Crippen LogP contribution in [0.5, 0.6) is 0 Å². The number of thioether (sulfide) groups is 1. The Balaban J connectivity index is 1.87. The van der Waals surface area contributed by atoms with Crippen molar-refractivity contribution in [3.63, 3.8) is 0 Å². The molecule has 0 bridgehead atoms. The molecule has 1 amide bonds. The van der Waals surface area contributed by atoms with Gasteiger partial charge < -0.3 is 0 Å². The molecule has 22 heavy (non-hydrogen) atoms. The molecule has 8 nitrogen and oxygen atoms in total. The van der Waals surface area contributed by atoms with Crippen molar-refractivity contribution in [2.45, 2.75) is 11.9 Å². The van der Waals surface area contributed by atoms with Gasteiger partial charge in [0.25, 0.3) is 5.56 Å². The Kier molecular flexibility index (Phi) is 5.26. The van der Waals surface area contributed by atoms with E-state index < -0.39 is 11.2 Å². The highest BCUT2D eigenvalue weighted by Gasteiger charge is 2.07. The number of rotatable bonds is 5. The first kappa shape index (κ1) is 15.7. The third-order valence-corrected chi connectivity index (χ3v) is 3.56. The molecule has 1 aromatic heterocycles.